The zero-order chi connectivity index (χ0) is 12.8. The summed E-state index contributed by atoms with van der Waals surface area (Å²) in [7, 11) is 0. The van der Waals surface area contributed by atoms with Gasteiger partial charge in [0.1, 0.15) is 0 Å². The lowest BCUT2D eigenvalue weighted by atomic mass is 10.2. The van der Waals surface area contributed by atoms with E-state index in [1.54, 1.807) is 0 Å². The maximum Gasteiger partial charge on any atom is 0.237 e. The molecule has 1 rings (SSSR count). The van der Waals surface area contributed by atoms with Gasteiger partial charge >= 0.3 is 0 Å². The molecule has 0 aliphatic heterocycles. The fourth-order valence-electron chi connectivity index (χ4n) is 1.80. The lowest BCUT2D eigenvalue weighted by Crippen LogP contribution is -2.45. The number of nitrogens with two attached hydrogens (primary N) is 2. The molecule has 1 aliphatic carbocycles. The predicted octanol–water partition coefficient (Wildman–Crippen LogP) is -0.367. The third-order valence-electron chi connectivity index (χ3n) is 2.93. The zero-order valence-electron chi connectivity index (χ0n) is 11.1. The van der Waals surface area contributed by atoms with Crippen LogP contribution in [-0.2, 0) is 9.59 Å². The molecule has 0 saturated heterocycles. The molecule has 0 spiro atoms. The summed E-state index contributed by atoms with van der Waals surface area (Å²) in [6.07, 6.45) is 2.40. The monoisotopic (exact) mass is 314 g/mol. The summed E-state index contributed by atoms with van der Waals surface area (Å²) in [5, 5.41) is 2.72. The van der Waals surface area contributed by atoms with Gasteiger partial charge in [-0.05, 0) is 19.4 Å². The lowest BCUT2D eigenvalue weighted by Gasteiger charge is -2.20. The van der Waals surface area contributed by atoms with Crippen molar-refractivity contribution in [3.8, 4) is 0 Å². The first-order valence-electron chi connectivity index (χ1n) is 6.10. The number of nitrogens with zero attached hydrogens (tertiary/aromatic N) is 1. The van der Waals surface area contributed by atoms with Gasteiger partial charge in [0.15, 0.2) is 0 Å². The van der Waals surface area contributed by atoms with Crippen LogP contribution in [0.1, 0.15) is 26.2 Å². The second-order valence-electron chi connectivity index (χ2n) is 4.43. The Labute approximate surface area is 126 Å². The van der Waals surface area contributed by atoms with Gasteiger partial charge in [-0.2, -0.15) is 0 Å². The maximum absolute atomic E-state index is 11.5. The van der Waals surface area contributed by atoms with E-state index in [1.165, 1.54) is 12.8 Å². The molecule has 0 heterocycles. The molecule has 19 heavy (non-hydrogen) atoms. The molecule has 6 nitrogen and oxygen atoms in total. The molecule has 0 aromatic carbocycles. The van der Waals surface area contributed by atoms with Crippen molar-refractivity contribution in [2.45, 2.75) is 38.3 Å². The van der Waals surface area contributed by atoms with Crippen LogP contribution >= 0.6 is 24.8 Å². The van der Waals surface area contributed by atoms with Crippen LogP contribution in [0.25, 0.3) is 0 Å². The molecule has 8 heteroatoms. The average Bonchev–Trinajstić information content (AvgIpc) is 3.07. The van der Waals surface area contributed by atoms with Crippen LogP contribution in [0.5, 0.6) is 0 Å². The van der Waals surface area contributed by atoms with Gasteiger partial charge < -0.3 is 16.8 Å². The molecule has 5 N–H and O–H groups in total. The highest BCUT2D eigenvalue weighted by Gasteiger charge is 2.27. The van der Waals surface area contributed by atoms with Crippen LogP contribution in [0.15, 0.2) is 0 Å². The lowest BCUT2D eigenvalue weighted by molar-refractivity contribution is -0.126. The van der Waals surface area contributed by atoms with Gasteiger partial charge in [-0.1, -0.05) is 6.92 Å². The number of rotatable bonds is 8. The van der Waals surface area contributed by atoms with Crippen LogP contribution in [0, 0.1) is 0 Å². The van der Waals surface area contributed by atoms with Crippen molar-refractivity contribution in [1.82, 2.24) is 10.2 Å². The summed E-state index contributed by atoms with van der Waals surface area (Å²) in [5.74, 6) is -0.864. The van der Waals surface area contributed by atoms with Crippen LogP contribution < -0.4 is 16.8 Å². The molecule has 2 amide bonds. The van der Waals surface area contributed by atoms with Crippen LogP contribution in [-0.4, -0.2) is 48.4 Å². The van der Waals surface area contributed by atoms with Gasteiger partial charge in [-0.25, -0.2) is 0 Å². The van der Waals surface area contributed by atoms with E-state index in [0.717, 1.165) is 13.1 Å². The third-order valence-corrected chi connectivity index (χ3v) is 2.93. The molecule has 1 fully saturated rings. The number of primary amides is 1. The SMILES string of the molecule is CCN(CCNC(=O)C(N)CC(N)=O)C1CC1.Cl.Cl. The van der Waals surface area contributed by atoms with E-state index in [0.29, 0.717) is 12.6 Å². The number of hydrogen-bond acceptors (Lipinski definition) is 4. The largest absolute Gasteiger partial charge is 0.370 e. The number of carbonyl (C=O) groups excluding carboxylic acids is 2. The fourth-order valence-corrected chi connectivity index (χ4v) is 1.80. The van der Waals surface area contributed by atoms with Crippen LogP contribution in [0.3, 0.4) is 0 Å². The zero-order valence-corrected chi connectivity index (χ0v) is 12.8. The first-order valence-corrected chi connectivity index (χ1v) is 6.10. The number of likely N-dealkylation sites (N-methyl/N-ethyl adjacent to an activating group) is 1. The van der Waals surface area contributed by atoms with Crippen molar-refractivity contribution >= 4 is 36.6 Å². The Morgan fingerprint density at radius 2 is 1.95 bits per heavy atom. The second kappa shape index (κ2) is 10.3. The van der Waals surface area contributed by atoms with E-state index >= 15 is 0 Å². The molecule has 1 aliphatic rings. The van der Waals surface area contributed by atoms with Gasteiger partial charge in [0.25, 0.3) is 0 Å². The summed E-state index contributed by atoms with van der Waals surface area (Å²) in [4.78, 5) is 24.4. The van der Waals surface area contributed by atoms with E-state index in [4.69, 9.17) is 11.5 Å². The number of halogens is 2. The highest BCUT2D eigenvalue weighted by atomic mass is 35.5. The van der Waals surface area contributed by atoms with E-state index in [9.17, 15) is 9.59 Å². The number of carbonyl (C=O) groups is 2. The Morgan fingerprint density at radius 3 is 2.37 bits per heavy atom. The van der Waals surface area contributed by atoms with Crippen molar-refractivity contribution in [2.24, 2.45) is 11.5 Å². The van der Waals surface area contributed by atoms with E-state index in [-0.39, 0.29) is 37.1 Å². The molecular weight excluding hydrogens is 291 g/mol. The summed E-state index contributed by atoms with van der Waals surface area (Å²) < 4.78 is 0. The Morgan fingerprint density at radius 1 is 1.37 bits per heavy atom. The topological polar surface area (TPSA) is 101 Å². The smallest absolute Gasteiger partial charge is 0.237 e. The van der Waals surface area contributed by atoms with E-state index in [1.807, 2.05) is 0 Å². The number of nitrogens with one attached hydrogen (secondary N) is 1. The van der Waals surface area contributed by atoms with Gasteiger partial charge in [0.05, 0.1) is 12.5 Å². The minimum absolute atomic E-state index is 0. The highest BCUT2D eigenvalue weighted by Crippen LogP contribution is 2.25. The summed E-state index contributed by atoms with van der Waals surface area (Å²) >= 11 is 0. The summed E-state index contributed by atoms with van der Waals surface area (Å²) in [6.45, 7) is 4.50. The van der Waals surface area contributed by atoms with E-state index < -0.39 is 11.9 Å². The maximum atomic E-state index is 11.5. The van der Waals surface area contributed by atoms with Crippen molar-refractivity contribution in [2.75, 3.05) is 19.6 Å². The minimum atomic E-state index is -0.830. The van der Waals surface area contributed by atoms with Crippen molar-refractivity contribution < 1.29 is 9.59 Å². The Hall–Kier alpha value is -0.560. The fraction of sp³-hybridized carbons (Fsp3) is 0.818. The molecule has 0 aromatic rings. The molecular formula is C11H24Cl2N4O2. The Bertz CT molecular complexity index is 288. The average molecular weight is 315 g/mol. The van der Waals surface area contributed by atoms with Gasteiger partial charge in [0.2, 0.25) is 11.8 Å². The number of hydrogen-bond donors (Lipinski definition) is 3. The van der Waals surface area contributed by atoms with Crippen molar-refractivity contribution in [1.29, 1.82) is 0 Å². The third kappa shape index (κ3) is 8.26. The quantitative estimate of drug-likeness (QED) is 0.569. The summed E-state index contributed by atoms with van der Waals surface area (Å²) in [5.41, 5.74) is 10.5. The Kier molecular flexibility index (Phi) is 11.2. The minimum Gasteiger partial charge on any atom is -0.370 e. The van der Waals surface area contributed by atoms with Crippen molar-refractivity contribution in [3.05, 3.63) is 0 Å². The molecule has 114 valence electrons. The number of amides is 2. The Balaban J connectivity index is 0. The van der Waals surface area contributed by atoms with Gasteiger partial charge in [-0.15, -0.1) is 24.8 Å². The molecule has 0 bridgehead atoms. The first kappa shape index (κ1) is 20.8. The highest BCUT2D eigenvalue weighted by molar-refractivity contribution is 5.87. The van der Waals surface area contributed by atoms with Crippen LogP contribution in [0.4, 0.5) is 0 Å². The summed E-state index contributed by atoms with van der Waals surface area (Å²) in [6, 6.07) is -0.139. The standard InChI is InChI=1S/C11H22N4O2.2ClH/c1-2-15(8-3-4-8)6-5-14-11(17)9(12)7-10(13)16;;/h8-9H,2-7,12H2,1H3,(H2,13,16)(H,14,17);2*1H. The van der Waals surface area contributed by atoms with Gasteiger partial charge in [0, 0.05) is 19.1 Å². The van der Waals surface area contributed by atoms with E-state index in [2.05, 4.69) is 17.1 Å². The second-order valence-corrected chi connectivity index (χ2v) is 4.43. The molecule has 1 unspecified atom stereocenters. The first-order chi connectivity index (χ1) is 8.04. The molecule has 0 aromatic heterocycles. The molecule has 1 saturated carbocycles. The molecule has 0 radical (unpaired) electrons. The normalized spacial score (nSPS) is 15.1. The van der Waals surface area contributed by atoms with Crippen molar-refractivity contribution in [3.63, 3.8) is 0 Å². The van der Waals surface area contributed by atoms with Crippen LogP contribution in [0.2, 0.25) is 0 Å². The van der Waals surface area contributed by atoms with Gasteiger partial charge in [-0.3, -0.25) is 14.5 Å². The molecule has 1 atom stereocenters. The predicted molar refractivity (Wildman–Crippen MR) is 79.6 cm³/mol.